The molecule has 1 aromatic heterocycles. The Morgan fingerprint density at radius 3 is 3.00 bits per heavy atom. The number of ether oxygens (including phenoxy) is 2. The average Bonchev–Trinajstić information content (AvgIpc) is 3.03. The van der Waals surface area contributed by atoms with Crippen LogP contribution >= 0.6 is 27.3 Å². The predicted molar refractivity (Wildman–Crippen MR) is 78.1 cm³/mol. The molecule has 0 fully saturated rings. The summed E-state index contributed by atoms with van der Waals surface area (Å²) < 4.78 is 11.5. The van der Waals surface area contributed by atoms with Crippen molar-refractivity contribution in [3.05, 3.63) is 44.6 Å². The Bertz CT molecular complexity index is 692. The van der Waals surface area contributed by atoms with Gasteiger partial charge in [0, 0.05) is 10.5 Å². The molecule has 1 aliphatic rings. The van der Waals surface area contributed by atoms with E-state index in [1.54, 1.807) is 18.2 Å². The number of hydrogen-bond acceptors (Lipinski definition) is 5. The second-order valence-corrected chi connectivity index (χ2v) is 5.95. The second kappa shape index (κ2) is 5.38. The molecule has 0 atom stereocenters. The number of halogens is 1. The fourth-order valence-corrected chi connectivity index (χ4v) is 3.39. The Kier molecular flexibility index (Phi) is 3.58. The van der Waals surface area contributed by atoms with Gasteiger partial charge in [0.05, 0.1) is 10.4 Å². The molecule has 3 rings (SSSR count). The van der Waals surface area contributed by atoms with Gasteiger partial charge >= 0.3 is 0 Å². The Labute approximate surface area is 127 Å². The van der Waals surface area contributed by atoms with Gasteiger partial charge in [0.25, 0.3) is 0 Å². The smallest absolute Gasteiger partial charge is 0.211 e. The standard InChI is InChI=1S/C14H9BrO4S/c15-10-3-4-20-14(10)12(17)7-18-8-1-2-9-11(16)6-19-13(9)5-8/h1-5H,6-7H2. The van der Waals surface area contributed by atoms with Crippen LogP contribution in [0.15, 0.2) is 34.1 Å². The van der Waals surface area contributed by atoms with Crippen LogP contribution in [-0.2, 0) is 0 Å². The lowest BCUT2D eigenvalue weighted by molar-refractivity contribution is 0.0924. The molecule has 20 heavy (non-hydrogen) atoms. The average molecular weight is 353 g/mol. The van der Waals surface area contributed by atoms with E-state index in [1.807, 2.05) is 11.4 Å². The highest BCUT2D eigenvalue weighted by atomic mass is 79.9. The van der Waals surface area contributed by atoms with Crippen molar-refractivity contribution in [1.29, 1.82) is 0 Å². The van der Waals surface area contributed by atoms with E-state index in [-0.39, 0.29) is 24.8 Å². The fraction of sp³-hybridized carbons (Fsp3) is 0.143. The minimum absolute atomic E-state index is 0.0369. The Morgan fingerprint density at radius 1 is 1.40 bits per heavy atom. The highest BCUT2D eigenvalue weighted by Gasteiger charge is 2.21. The minimum Gasteiger partial charge on any atom is -0.485 e. The lowest BCUT2D eigenvalue weighted by atomic mass is 10.1. The van der Waals surface area contributed by atoms with Crippen LogP contribution in [0.5, 0.6) is 11.5 Å². The van der Waals surface area contributed by atoms with Crippen molar-refractivity contribution in [2.45, 2.75) is 0 Å². The van der Waals surface area contributed by atoms with E-state index >= 15 is 0 Å². The first-order valence-corrected chi connectivity index (χ1v) is 7.51. The Morgan fingerprint density at radius 2 is 2.25 bits per heavy atom. The van der Waals surface area contributed by atoms with Gasteiger partial charge in [0.1, 0.15) is 11.5 Å². The molecule has 0 saturated heterocycles. The molecule has 0 N–H and O–H groups in total. The molecule has 0 saturated carbocycles. The molecule has 6 heteroatoms. The molecule has 0 aliphatic carbocycles. The Balaban J connectivity index is 1.69. The van der Waals surface area contributed by atoms with Gasteiger partial charge in [-0.3, -0.25) is 9.59 Å². The van der Waals surface area contributed by atoms with Gasteiger partial charge in [-0.15, -0.1) is 11.3 Å². The molecular formula is C14H9BrO4S. The summed E-state index contributed by atoms with van der Waals surface area (Å²) in [6.45, 7) is 0.0195. The zero-order valence-corrected chi connectivity index (χ0v) is 12.6. The van der Waals surface area contributed by atoms with E-state index in [0.717, 1.165) is 4.47 Å². The number of Topliss-reactive ketones (excluding diaryl/α,β-unsaturated/α-hetero) is 2. The third kappa shape index (κ3) is 2.48. The van der Waals surface area contributed by atoms with Gasteiger partial charge < -0.3 is 9.47 Å². The van der Waals surface area contributed by atoms with E-state index in [4.69, 9.17) is 9.47 Å². The van der Waals surface area contributed by atoms with Gasteiger partial charge in [0.15, 0.2) is 13.2 Å². The maximum atomic E-state index is 12.0. The first-order chi connectivity index (χ1) is 9.65. The Hall–Kier alpha value is -1.66. The largest absolute Gasteiger partial charge is 0.485 e. The number of thiophene rings is 1. The highest BCUT2D eigenvalue weighted by molar-refractivity contribution is 9.10. The summed E-state index contributed by atoms with van der Waals surface area (Å²) in [6.07, 6.45) is 0. The van der Waals surface area contributed by atoms with Crippen LogP contribution in [0.1, 0.15) is 20.0 Å². The molecule has 0 amide bonds. The van der Waals surface area contributed by atoms with E-state index in [9.17, 15) is 9.59 Å². The van der Waals surface area contributed by atoms with E-state index in [1.165, 1.54) is 11.3 Å². The molecule has 1 aromatic carbocycles. The second-order valence-electron chi connectivity index (χ2n) is 4.18. The molecule has 0 bridgehead atoms. The van der Waals surface area contributed by atoms with Crippen LogP contribution in [0, 0.1) is 0 Å². The highest BCUT2D eigenvalue weighted by Crippen LogP contribution is 2.30. The molecule has 0 unspecified atom stereocenters. The molecule has 0 radical (unpaired) electrons. The van der Waals surface area contributed by atoms with Crippen LogP contribution in [0.25, 0.3) is 0 Å². The summed E-state index contributed by atoms with van der Waals surface area (Å²) in [5, 5.41) is 1.84. The molecule has 0 spiro atoms. The summed E-state index contributed by atoms with van der Waals surface area (Å²) >= 11 is 4.68. The van der Waals surface area contributed by atoms with Gasteiger partial charge in [-0.25, -0.2) is 0 Å². The number of rotatable bonds is 4. The van der Waals surface area contributed by atoms with Crippen LogP contribution in [0.2, 0.25) is 0 Å². The van der Waals surface area contributed by atoms with Gasteiger partial charge in [-0.2, -0.15) is 0 Å². The number of benzene rings is 1. The summed E-state index contributed by atoms with van der Waals surface area (Å²) in [4.78, 5) is 24.0. The molecular weight excluding hydrogens is 344 g/mol. The van der Waals surface area contributed by atoms with Crippen molar-refractivity contribution in [2.75, 3.05) is 13.2 Å². The summed E-state index contributed by atoms with van der Waals surface area (Å²) in [6, 6.07) is 6.79. The number of hydrogen-bond donors (Lipinski definition) is 0. The van der Waals surface area contributed by atoms with Crippen molar-refractivity contribution >= 4 is 38.8 Å². The fourth-order valence-electron chi connectivity index (χ4n) is 1.87. The minimum atomic E-state index is -0.0932. The zero-order chi connectivity index (χ0) is 14.1. The van der Waals surface area contributed by atoms with Crippen LogP contribution in [0.3, 0.4) is 0 Å². The third-order valence-electron chi connectivity index (χ3n) is 2.85. The van der Waals surface area contributed by atoms with Crippen molar-refractivity contribution in [2.24, 2.45) is 0 Å². The monoisotopic (exact) mass is 352 g/mol. The van der Waals surface area contributed by atoms with Gasteiger partial charge in [-0.1, -0.05) is 0 Å². The summed E-state index contributed by atoms with van der Waals surface area (Å²) in [5.41, 5.74) is 0.560. The van der Waals surface area contributed by atoms with Crippen molar-refractivity contribution in [1.82, 2.24) is 0 Å². The first kappa shape index (κ1) is 13.3. The van der Waals surface area contributed by atoms with Crippen LogP contribution in [-0.4, -0.2) is 24.8 Å². The van der Waals surface area contributed by atoms with E-state index in [2.05, 4.69) is 15.9 Å². The number of fused-ring (bicyclic) bond motifs is 1. The summed E-state index contributed by atoms with van der Waals surface area (Å²) in [7, 11) is 0. The maximum absolute atomic E-state index is 12.0. The third-order valence-corrected chi connectivity index (χ3v) is 4.73. The topological polar surface area (TPSA) is 52.6 Å². The van der Waals surface area contributed by atoms with Crippen molar-refractivity contribution in [3.63, 3.8) is 0 Å². The SMILES string of the molecule is O=C1COc2cc(OCC(=O)c3sccc3Br)ccc21. The number of carbonyl (C=O) groups excluding carboxylic acids is 2. The van der Waals surface area contributed by atoms with Crippen molar-refractivity contribution in [3.8, 4) is 11.5 Å². The molecule has 2 aromatic rings. The number of ketones is 2. The molecule has 1 aliphatic heterocycles. The van der Waals surface area contributed by atoms with E-state index in [0.29, 0.717) is 21.9 Å². The molecule has 4 nitrogen and oxygen atoms in total. The predicted octanol–water partition coefficient (Wildman–Crippen LogP) is 3.35. The molecule has 2 heterocycles. The van der Waals surface area contributed by atoms with Crippen LogP contribution < -0.4 is 9.47 Å². The molecule has 102 valence electrons. The zero-order valence-electron chi connectivity index (χ0n) is 10.2. The lowest BCUT2D eigenvalue weighted by Crippen LogP contribution is -2.10. The van der Waals surface area contributed by atoms with Crippen molar-refractivity contribution < 1.29 is 19.1 Å². The lowest BCUT2D eigenvalue weighted by Gasteiger charge is -2.06. The van der Waals surface area contributed by atoms with Gasteiger partial charge in [-0.05, 0) is 39.5 Å². The van der Waals surface area contributed by atoms with E-state index < -0.39 is 0 Å². The van der Waals surface area contributed by atoms with Crippen LogP contribution in [0.4, 0.5) is 0 Å². The maximum Gasteiger partial charge on any atom is 0.211 e. The first-order valence-electron chi connectivity index (χ1n) is 5.84. The number of carbonyl (C=O) groups is 2. The normalized spacial score (nSPS) is 12.9. The quantitative estimate of drug-likeness (QED) is 0.791. The summed E-state index contributed by atoms with van der Waals surface area (Å²) in [5.74, 6) is 0.895. The van der Waals surface area contributed by atoms with Gasteiger partial charge in [0.2, 0.25) is 11.6 Å².